The van der Waals surface area contributed by atoms with Gasteiger partial charge in [-0.25, -0.2) is 13.8 Å². The number of nitrogen functional groups attached to an aromatic ring is 1. The Morgan fingerprint density at radius 3 is 2.73 bits per heavy atom. The molecule has 1 aliphatic carbocycles. The van der Waals surface area contributed by atoms with Gasteiger partial charge in [-0.1, -0.05) is 11.6 Å². The summed E-state index contributed by atoms with van der Waals surface area (Å²) in [4.78, 5) is 18.0. The van der Waals surface area contributed by atoms with Gasteiger partial charge in [0.2, 0.25) is 0 Å². The maximum absolute atomic E-state index is 16.7. The Balaban J connectivity index is 1.23. The van der Waals surface area contributed by atoms with Gasteiger partial charge >= 0.3 is 12.2 Å². The van der Waals surface area contributed by atoms with E-state index in [-0.39, 0.29) is 35.5 Å². The third kappa shape index (κ3) is 4.39. The highest BCUT2D eigenvalue weighted by Gasteiger charge is 2.59. The highest BCUT2D eigenvalue weighted by Crippen LogP contribution is 2.59. The van der Waals surface area contributed by atoms with Crippen molar-refractivity contribution in [2.45, 2.75) is 75.1 Å². The van der Waals surface area contributed by atoms with Gasteiger partial charge < -0.3 is 20.1 Å². The number of halogens is 6. The van der Waals surface area contributed by atoms with Crippen molar-refractivity contribution in [3.8, 4) is 0 Å². The molecule has 1 saturated carbocycles. The quantitative estimate of drug-likeness (QED) is 0.349. The van der Waals surface area contributed by atoms with Crippen LogP contribution < -0.4 is 5.73 Å². The van der Waals surface area contributed by atoms with E-state index in [1.54, 1.807) is 0 Å². The summed E-state index contributed by atoms with van der Waals surface area (Å²) in [7, 11) is 0. The molecule has 4 saturated heterocycles. The Kier molecular flexibility index (Phi) is 6.43. The average Bonchev–Trinajstić information content (AvgIpc) is 3.35. The predicted octanol–water partition coefficient (Wildman–Crippen LogP) is 5.50. The largest absolute Gasteiger partial charge is 0.461 e. The van der Waals surface area contributed by atoms with Gasteiger partial charge in [0.05, 0.1) is 28.4 Å². The van der Waals surface area contributed by atoms with E-state index < -0.39 is 57.7 Å². The van der Waals surface area contributed by atoms with E-state index in [2.05, 4.69) is 19.8 Å². The molecule has 0 bridgehead atoms. The molecule has 8 rings (SSSR count). The second kappa shape index (κ2) is 9.86. The van der Waals surface area contributed by atoms with E-state index in [1.165, 1.54) is 0 Å². The lowest BCUT2D eigenvalue weighted by molar-refractivity contribution is -0.137. The summed E-state index contributed by atoms with van der Waals surface area (Å²) in [5, 5.41) is -0.662. The Morgan fingerprint density at radius 2 is 1.95 bits per heavy atom. The van der Waals surface area contributed by atoms with Crippen molar-refractivity contribution < 1.29 is 31.4 Å². The topological polar surface area (TPSA) is 88.0 Å². The molecule has 1 aromatic rings. The predicted molar refractivity (Wildman–Crippen MR) is 154 cm³/mol. The van der Waals surface area contributed by atoms with Crippen molar-refractivity contribution in [2.24, 2.45) is 26.3 Å². The van der Waals surface area contributed by atoms with Gasteiger partial charge in [-0.05, 0) is 62.6 Å². The molecule has 44 heavy (non-hydrogen) atoms. The first-order valence-corrected chi connectivity index (χ1v) is 15.6. The summed E-state index contributed by atoms with van der Waals surface area (Å²) < 4.78 is 86.2. The first-order chi connectivity index (χ1) is 21.0. The number of rotatable bonds is 3. The van der Waals surface area contributed by atoms with Crippen LogP contribution in [0.1, 0.15) is 56.1 Å². The van der Waals surface area contributed by atoms with E-state index in [1.807, 2.05) is 0 Å². The van der Waals surface area contributed by atoms with Crippen LogP contribution in [-0.4, -0.2) is 84.2 Å². The molecule has 14 heteroatoms. The molecule has 5 atom stereocenters. The molecule has 2 N–H and O–H groups in total. The van der Waals surface area contributed by atoms with Gasteiger partial charge in [-0.15, -0.1) is 0 Å². The fourth-order valence-corrected chi connectivity index (χ4v) is 8.81. The van der Waals surface area contributed by atoms with Crippen molar-refractivity contribution in [1.82, 2.24) is 9.80 Å². The lowest BCUT2D eigenvalue weighted by Crippen LogP contribution is -2.52. The van der Waals surface area contributed by atoms with Crippen LogP contribution in [0.15, 0.2) is 38.6 Å². The molecule has 6 heterocycles. The summed E-state index contributed by atoms with van der Waals surface area (Å²) in [6.45, 7) is 2.23. The van der Waals surface area contributed by atoms with Gasteiger partial charge in [0, 0.05) is 36.8 Å². The number of hydrogen-bond donors (Lipinski definition) is 1. The highest BCUT2D eigenvalue weighted by molar-refractivity contribution is 6.32. The number of nitrogens with zero attached hydrogens (tertiary/aromatic N) is 5. The molecule has 1 aromatic carbocycles. The Hall–Kier alpha value is -2.77. The molecule has 2 unspecified atom stereocenters. The maximum Gasteiger partial charge on any atom is 0.418 e. The smallest absolute Gasteiger partial charge is 0.418 e. The van der Waals surface area contributed by atoms with Crippen molar-refractivity contribution in [3.05, 3.63) is 39.8 Å². The van der Waals surface area contributed by atoms with Crippen molar-refractivity contribution in [2.75, 3.05) is 38.6 Å². The van der Waals surface area contributed by atoms with E-state index in [0.29, 0.717) is 38.4 Å². The molecule has 7 aliphatic rings. The number of allylic oxidation sites excluding steroid dienone is 1. The van der Waals surface area contributed by atoms with E-state index in [4.69, 9.17) is 31.8 Å². The Bertz CT molecular complexity index is 1540. The number of aliphatic imine (C=N–C) groups is 3. The van der Waals surface area contributed by atoms with Crippen LogP contribution in [0.25, 0.3) is 0 Å². The number of alkyl halides is 4. The number of anilines is 1. The van der Waals surface area contributed by atoms with Gasteiger partial charge in [0.25, 0.3) is 0 Å². The minimum atomic E-state index is -4.91. The third-order valence-corrected chi connectivity index (χ3v) is 11.0. The van der Waals surface area contributed by atoms with Crippen LogP contribution in [-0.2, 0) is 15.7 Å². The first kappa shape index (κ1) is 28.7. The van der Waals surface area contributed by atoms with Crippen LogP contribution in [0.4, 0.5) is 27.6 Å². The molecule has 0 radical (unpaired) electrons. The third-order valence-electron chi connectivity index (χ3n) is 10.7. The zero-order valence-corrected chi connectivity index (χ0v) is 24.6. The summed E-state index contributed by atoms with van der Waals surface area (Å²) in [5.74, 6) is -1.42. The number of hydrogen-bond acceptors (Lipinski definition) is 8. The number of fused-ring (bicyclic) bond motifs is 4. The van der Waals surface area contributed by atoms with Crippen molar-refractivity contribution in [1.29, 1.82) is 0 Å². The summed E-state index contributed by atoms with van der Waals surface area (Å²) in [6, 6.07) is 2.03. The molecule has 8 nitrogen and oxygen atoms in total. The van der Waals surface area contributed by atoms with Gasteiger partial charge in [0.1, 0.15) is 30.2 Å². The lowest BCUT2D eigenvalue weighted by atomic mass is 9.89. The minimum absolute atomic E-state index is 0.0737. The number of amidine groups is 2. The van der Waals surface area contributed by atoms with Crippen LogP contribution in [0.5, 0.6) is 0 Å². The first-order valence-electron chi connectivity index (χ1n) is 15.2. The summed E-state index contributed by atoms with van der Waals surface area (Å²) >= 11 is 6.02. The molecule has 0 aromatic heterocycles. The zero-order chi connectivity index (χ0) is 30.6. The SMILES string of the molecule is Nc1cc(Cl)c(C(F)(F)F)c(C2=NC3OCC[C@@H]4N(CCC45CC5)C4=NC(OC[C@@]56CCCN5C[C@H](F)C6)=NC(=C2F)C43)c1. The van der Waals surface area contributed by atoms with Crippen LogP contribution in [0.3, 0.4) is 0 Å². The number of dihydropyridines is 1. The van der Waals surface area contributed by atoms with Gasteiger partial charge in [-0.3, -0.25) is 4.90 Å². The maximum atomic E-state index is 16.7. The monoisotopic (exact) mass is 638 g/mol. The van der Waals surface area contributed by atoms with Crippen LogP contribution in [0, 0.1) is 11.3 Å². The Labute approximate surface area is 255 Å². The van der Waals surface area contributed by atoms with E-state index >= 15 is 4.39 Å². The lowest BCUT2D eigenvalue weighted by Gasteiger charge is -2.42. The molecule has 0 amide bonds. The fourth-order valence-electron chi connectivity index (χ4n) is 8.47. The van der Waals surface area contributed by atoms with Gasteiger partial charge in [-0.2, -0.15) is 23.2 Å². The molecule has 1 spiro atoms. The second-order valence-corrected chi connectivity index (χ2v) is 13.6. The van der Waals surface area contributed by atoms with Crippen LogP contribution >= 0.6 is 11.6 Å². The molecular weight excluding hydrogens is 607 g/mol. The number of ether oxygens (including phenoxy) is 2. The Morgan fingerprint density at radius 1 is 1.14 bits per heavy atom. The summed E-state index contributed by atoms with van der Waals surface area (Å²) in [5.41, 5.74) is 2.91. The molecule has 5 fully saturated rings. The molecular formula is C30H32ClF5N6O2. The zero-order valence-electron chi connectivity index (χ0n) is 23.8. The fraction of sp³-hybridized carbons (Fsp3) is 0.633. The highest BCUT2D eigenvalue weighted by atomic mass is 35.5. The van der Waals surface area contributed by atoms with E-state index in [0.717, 1.165) is 50.8 Å². The number of nitrogens with two attached hydrogens (primary N) is 1. The molecule has 6 aliphatic heterocycles. The standard InChI is InChI=1S/C30H32ClF5N6O2/c31-18-11-16(37)10-17(21(18)30(34,35)36)23-22(33)24-20-25(42-8-6-28(4-5-28)19(42)2-9-43-26(20)38-23)40-27(39-24)44-14-29-3-1-7-41(29)13-15(32)12-29/h10-11,15,19-20,26H,1-9,12-14,37H2/t15-,19+,20?,26?,29+/m1/s1. The van der Waals surface area contributed by atoms with Gasteiger partial charge in [0.15, 0.2) is 12.1 Å². The number of benzene rings is 1. The second-order valence-electron chi connectivity index (χ2n) is 13.2. The minimum Gasteiger partial charge on any atom is -0.461 e. The van der Waals surface area contributed by atoms with Crippen LogP contribution in [0.2, 0.25) is 5.02 Å². The van der Waals surface area contributed by atoms with Crippen molar-refractivity contribution in [3.63, 3.8) is 0 Å². The van der Waals surface area contributed by atoms with E-state index in [9.17, 15) is 17.6 Å². The normalized spacial score (nSPS) is 34.1. The summed E-state index contributed by atoms with van der Waals surface area (Å²) in [6.07, 6.45) is -1.12. The molecule has 236 valence electrons. The van der Waals surface area contributed by atoms with Crippen molar-refractivity contribution >= 4 is 34.9 Å². The average molecular weight is 639 g/mol.